The van der Waals surface area contributed by atoms with E-state index in [1.54, 1.807) is 0 Å². The van der Waals surface area contributed by atoms with Gasteiger partial charge in [-0.3, -0.25) is 10.1 Å². The Bertz CT molecular complexity index is 918. The number of benzene rings is 2. The maximum absolute atomic E-state index is 13.5. The van der Waals surface area contributed by atoms with Crippen LogP contribution < -0.4 is 10.6 Å². The van der Waals surface area contributed by atoms with Crippen LogP contribution in [0.25, 0.3) is 0 Å². The van der Waals surface area contributed by atoms with E-state index in [-0.39, 0.29) is 11.6 Å². The first-order valence-electron chi connectivity index (χ1n) is 10.3. The maximum Gasteiger partial charge on any atom is 0.258 e. The van der Waals surface area contributed by atoms with Crippen molar-refractivity contribution in [2.45, 2.75) is 56.9 Å². The number of nitrogens with zero attached hydrogens (tertiary/aromatic N) is 1. The van der Waals surface area contributed by atoms with Gasteiger partial charge >= 0.3 is 0 Å². The molecule has 152 valence electrons. The SMILES string of the molecule is O=C(NC(=NC1CCCCC1)Nc1ccccc1C1CC1)c1ccc(F)c(F)c1. The fraction of sp³-hybridized carbons (Fsp3) is 0.391. The van der Waals surface area contributed by atoms with Crippen molar-refractivity contribution in [2.24, 2.45) is 4.99 Å². The Morgan fingerprint density at radius 1 is 0.931 bits per heavy atom. The number of hydrogen-bond acceptors (Lipinski definition) is 2. The molecule has 0 radical (unpaired) electrons. The van der Waals surface area contributed by atoms with Crippen LogP contribution >= 0.6 is 0 Å². The van der Waals surface area contributed by atoms with E-state index in [2.05, 4.69) is 16.7 Å². The number of amides is 1. The van der Waals surface area contributed by atoms with Crippen LogP contribution in [0.4, 0.5) is 14.5 Å². The second-order valence-electron chi connectivity index (χ2n) is 7.84. The van der Waals surface area contributed by atoms with Crippen LogP contribution in [-0.2, 0) is 0 Å². The molecule has 1 amide bonds. The van der Waals surface area contributed by atoms with E-state index in [0.29, 0.717) is 11.9 Å². The third kappa shape index (κ3) is 5.00. The Morgan fingerprint density at radius 2 is 1.69 bits per heavy atom. The van der Waals surface area contributed by atoms with Gasteiger partial charge in [0.15, 0.2) is 11.6 Å². The second-order valence-corrected chi connectivity index (χ2v) is 7.84. The first kappa shape index (κ1) is 19.6. The normalized spacial score (nSPS) is 17.8. The van der Waals surface area contributed by atoms with E-state index < -0.39 is 17.5 Å². The van der Waals surface area contributed by atoms with Gasteiger partial charge in [-0.15, -0.1) is 0 Å². The second kappa shape index (κ2) is 8.72. The molecule has 2 aromatic carbocycles. The molecule has 29 heavy (non-hydrogen) atoms. The van der Waals surface area contributed by atoms with Crippen molar-refractivity contribution < 1.29 is 13.6 Å². The molecule has 2 N–H and O–H groups in total. The van der Waals surface area contributed by atoms with E-state index in [4.69, 9.17) is 4.99 Å². The van der Waals surface area contributed by atoms with Crippen molar-refractivity contribution >= 4 is 17.6 Å². The Labute approximate surface area is 169 Å². The van der Waals surface area contributed by atoms with Crippen LogP contribution in [0.3, 0.4) is 0 Å². The van der Waals surface area contributed by atoms with Crippen molar-refractivity contribution in [1.82, 2.24) is 5.32 Å². The highest BCUT2D eigenvalue weighted by Crippen LogP contribution is 2.43. The fourth-order valence-corrected chi connectivity index (χ4v) is 3.79. The summed E-state index contributed by atoms with van der Waals surface area (Å²) in [5, 5.41) is 6.07. The molecule has 0 unspecified atom stereocenters. The molecule has 2 aromatic rings. The third-order valence-corrected chi connectivity index (χ3v) is 5.53. The van der Waals surface area contributed by atoms with Crippen LogP contribution in [0.15, 0.2) is 47.5 Å². The summed E-state index contributed by atoms with van der Waals surface area (Å²) in [5.41, 5.74) is 2.19. The van der Waals surface area contributed by atoms with E-state index in [1.807, 2.05) is 18.2 Å². The Kier molecular flexibility index (Phi) is 5.88. The zero-order chi connectivity index (χ0) is 20.2. The molecule has 2 fully saturated rings. The standard InChI is InChI=1S/C23H25F2N3O/c24-19-13-12-16(14-20(19)25)22(29)28-23(26-17-6-2-1-3-7-17)27-21-9-5-4-8-18(21)15-10-11-15/h4-5,8-9,12-15,17H,1-3,6-7,10-11H2,(H2,26,27,28,29). The lowest BCUT2D eigenvalue weighted by molar-refractivity contribution is 0.0976. The van der Waals surface area contributed by atoms with Gasteiger partial charge in [0.1, 0.15) is 0 Å². The van der Waals surface area contributed by atoms with Gasteiger partial charge in [0.2, 0.25) is 5.96 Å². The van der Waals surface area contributed by atoms with Gasteiger partial charge in [-0.05, 0) is 61.4 Å². The number of guanidine groups is 1. The Balaban J connectivity index is 1.57. The smallest absolute Gasteiger partial charge is 0.258 e. The highest BCUT2D eigenvalue weighted by molar-refractivity contribution is 6.10. The number of carbonyl (C=O) groups is 1. The van der Waals surface area contributed by atoms with Gasteiger partial charge < -0.3 is 5.32 Å². The van der Waals surface area contributed by atoms with E-state index in [1.165, 1.54) is 18.1 Å². The predicted molar refractivity (Wildman–Crippen MR) is 110 cm³/mol. The number of anilines is 1. The zero-order valence-electron chi connectivity index (χ0n) is 16.3. The lowest BCUT2D eigenvalue weighted by Crippen LogP contribution is -2.37. The van der Waals surface area contributed by atoms with Crippen LogP contribution in [0, 0.1) is 11.6 Å². The average molecular weight is 397 g/mol. The molecule has 4 rings (SSSR count). The molecule has 2 saturated carbocycles. The molecule has 4 nitrogen and oxygen atoms in total. The van der Waals surface area contributed by atoms with Gasteiger partial charge in [-0.2, -0.15) is 0 Å². The van der Waals surface area contributed by atoms with Gasteiger partial charge in [-0.1, -0.05) is 37.5 Å². The summed E-state index contributed by atoms with van der Waals surface area (Å²) in [4.78, 5) is 17.4. The largest absolute Gasteiger partial charge is 0.326 e. The monoisotopic (exact) mass is 397 g/mol. The Hall–Kier alpha value is -2.76. The first-order chi connectivity index (χ1) is 14.1. The summed E-state index contributed by atoms with van der Waals surface area (Å²) in [5.74, 6) is -1.64. The summed E-state index contributed by atoms with van der Waals surface area (Å²) in [6.45, 7) is 0. The van der Waals surface area contributed by atoms with E-state index in [9.17, 15) is 13.6 Å². The van der Waals surface area contributed by atoms with Gasteiger partial charge in [-0.25, -0.2) is 13.8 Å². The molecule has 0 spiro atoms. The van der Waals surface area contributed by atoms with Gasteiger partial charge in [0, 0.05) is 11.3 Å². The summed E-state index contributed by atoms with van der Waals surface area (Å²) in [6, 6.07) is 11.3. The van der Waals surface area contributed by atoms with Crippen molar-refractivity contribution in [3.8, 4) is 0 Å². The topological polar surface area (TPSA) is 53.5 Å². The number of rotatable bonds is 4. The van der Waals surface area contributed by atoms with Crippen molar-refractivity contribution in [3.05, 3.63) is 65.2 Å². The van der Waals surface area contributed by atoms with Crippen LogP contribution in [0.2, 0.25) is 0 Å². The number of nitrogens with one attached hydrogen (secondary N) is 2. The molecule has 0 saturated heterocycles. The molecule has 0 atom stereocenters. The molecule has 0 aromatic heterocycles. The quantitative estimate of drug-likeness (QED) is 0.538. The van der Waals surface area contributed by atoms with Crippen LogP contribution in [0.1, 0.15) is 66.8 Å². The molecular weight excluding hydrogens is 372 g/mol. The van der Waals surface area contributed by atoms with Crippen LogP contribution in [-0.4, -0.2) is 17.9 Å². The van der Waals surface area contributed by atoms with Gasteiger partial charge in [0.25, 0.3) is 5.91 Å². The minimum absolute atomic E-state index is 0.0533. The minimum Gasteiger partial charge on any atom is -0.326 e. The number of para-hydroxylation sites is 1. The van der Waals surface area contributed by atoms with E-state index >= 15 is 0 Å². The lowest BCUT2D eigenvalue weighted by atomic mass is 9.96. The molecular formula is C23H25F2N3O. The first-order valence-corrected chi connectivity index (χ1v) is 10.3. The van der Waals surface area contributed by atoms with Crippen LogP contribution in [0.5, 0.6) is 0 Å². The molecule has 0 bridgehead atoms. The number of aliphatic imine (C=N–C) groups is 1. The average Bonchev–Trinajstić information content (AvgIpc) is 3.56. The minimum atomic E-state index is -1.05. The summed E-state index contributed by atoms with van der Waals surface area (Å²) < 4.78 is 26.7. The molecule has 0 aliphatic heterocycles. The van der Waals surface area contributed by atoms with Crippen molar-refractivity contribution in [3.63, 3.8) is 0 Å². The van der Waals surface area contributed by atoms with E-state index in [0.717, 1.165) is 56.3 Å². The highest BCUT2D eigenvalue weighted by atomic mass is 19.2. The summed E-state index contributed by atoms with van der Waals surface area (Å²) in [7, 11) is 0. The van der Waals surface area contributed by atoms with Crippen molar-refractivity contribution in [2.75, 3.05) is 5.32 Å². The zero-order valence-corrected chi connectivity index (χ0v) is 16.3. The number of hydrogen-bond donors (Lipinski definition) is 2. The summed E-state index contributed by atoms with van der Waals surface area (Å²) >= 11 is 0. The number of carbonyl (C=O) groups excluding carboxylic acids is 1. The molecule has 0 heterocycles. The lowest BCUT2D eigenvalue weighted by Gasteiger charge is -2.21. The van der Waals surface area contributed by atoms with Crippen molar-refractivity contribution in [1.29, 1.82) is 0 Å². The van der Waals surface area contributed by atoms with Gasteiger partial charge in [0.05, 0.1) is 6.04 Å². The molecule has 2 aliphatic rings. The summed E-state index contributed by atoms with van der Waals surface area (Å²) in [6.07, 6.45) is 7.74. The predicted octanol–water partition coefficient (Wildman–Crippen LogP) is 5.37. The Morgan fingerprint density at radius 3 is 2.41 bits per heavy atom. The maximum atomic E-state index is 13.5. The fourth-order valence-electron chi connectivity index (χ4n) is 3.79. The number of halogens is 2. The highest BCUT2D eigenvalue weighted by Gasteiger charge is 2.26. The molecule has 6 heteroatoms. The third-order valence-electron chi connectivity index (χ3n) is 5.53. The molecule has 2 aliphatic carbocycles.